The fourth-order valence-electron chi connectivity index (χ4n) is 1.66. The molecule has 1 amide bonds. The molecule has 0 spiro atoms. The Balaban J connectivity index is 2.19. The van der Waals surface area contributed by atoms with Gasteiger partial charge in [-0.15, -0.1) is 10.2 Å². The van der Waals surface area contributed by atoms with Crippen LogP contribution < -0.4 is 5.32 Å². The number of hydrogen-bond acceptors (Lipinski definition) is 5. The number of amides is 1. The van der Waals surface area contributed by atoms with E-state index in [-0.39, 0.29) is 0 Å². The van der Waals surface area contributed by atoms with E-state index in [9.17, 15) is 4.79 Å². The van der Waals surface area contributed by atoms with Gasteiger partial charge < -0.3 is 10.1 Å². The molecule has 1 aromatic carbocycles. The predicted octanol–water partition coefficient (Wildman–Crippen LogP) is 1.81. The largest absolute Gasteiger partial charge is 0.444 e. The van der Waals surface area contributed by atoms with Gasteiger partial charge >= 0.3 is 6.09 Å². The standard InChI is InChI=1S/C13H17N5O2/c1-13(2,3)20-12(19)14-10(11-15-17-18-16-11)9-7-5-4-6-8-9/h4-8,10H,1-3H3,(H,14,19)(H,15,16,17,18)/t10-/m1/s1. The molecule has 2 rings (SSSR count). The van der Waals surface area contributed by atoms with Crippen molar-refractivity contribution >= 4 is 6.09 Å². The highest BCUT2D eigenvalue weighted by atomic mass is 16.6. The lowest BCUT2D eigenvalue weighted by atomic mass is 10.1. The third-order valence-corrected chi connectivity index (χ3v) is 2.41. The molecule has 0 aliphatic rings. The molecule has 20 heavy (non-hydrogen) atoms. The maximum absolute atomic E-state index is 11.9. The number of rotatable bonds is 3. The van der Waals surface area contributed by atoms with Crippen molar-refractivity contribution in [3.8, 4) is 0 Å². The number of hydrogen-bond donors (Lipinski definition) is 2. The highest BCUT2D eigenvalue weighted by Crippen LogP contribution is 2.18. The van der Waals surface area contributed by atoms with Crippen molar-refractivity contribution in [1.82, 2.24) is 25.9 Å². The minimum Gasteiger partial charge on any atom is -0.444 e. The Labute approximate surface area is 116 Å². The summed E-state index contributed by atoms with van der Waals surface area (Å²) in [7, 11) is 0. The fraction of sp³-hybridized carbons (Fsp3) is 0.385. The molecule has 0 aliphatic heterocycles. The van der Waals surface area contributed by atoms with E-state index in [0.717, 1.165) is 5.56 Å². The summed E-state index contributed by atoms with van der Waals surface area (Å²) < 4.78 is 5.25. The number of carbonyl (C=O) groups is 1. The zero-order chi connectivity index (χ0) is 14.6. The third kappa shape index (κ3) is 3.78. The van der Waals surface area contributed by atoms with Crippen LogP contribution in [0, 0.1) is 0 Å². The van der Waals surface area contributed by atoms with Crippen LogP contribution >= 0.6 is 0 Å². The number of H-pyrrole nitrogens is 1. The lowest BCUT2D eigenvalue weighted by Crippen LogP contribution is -2.35. The topological polar surface area (TPSA) is 92.8 Å². The Hall–Kier alpha value is -2.44. The van der Waals surface area contributed by atoms with Gasteiger partial charge in [0.25, 0.3) is 0 Å². The lowest BCUT2D eigenvalue weighted by Gasteiger charge is -2.22. The number of nitrogens with one attached hydrogen (secondary N) is 2. The molecule has 0 aliphatic carbocycles. The monoisotopic (exact) mass is 275 g/mol. The highest BCUT2D eigenvalue weighted by molar-refractivity contribution is 5.68. The molecule has 0 fully saturated rings. The molecular formula is C13H17N5O2. The molecule has 2 aromatic rings. The van der Waals surface area contributed by atoms with Gasteiger partial charge in [-0.25, -0.2) is 4.79 Å². The maximum Gasteiger partial charge on any atom is 0.408 e. The average Bonchev–Trinajstić information content (AvgIpc) is 2.88. The minimum absolute atomic E-state index is 0.377. The van der Waals surface area contributed by atoms with Crippen LogP contribution in [-0.2, 0) is 4.74 Å². The number of aromatic amines is 1. The zero-order valence-electron chi connectivity index (χ0n) is 11.6. The number of carbonyl (C=O) groups excluding carboxylic acids is 1. The molecule has 7 nitrogen and oxygen atoms in total. The smallest absolute Gasteiger partial charge is 0.408 e. The van der Waals surface area contributed by atoms with Gasteiger partial charge in [-0.1, -0.05) is 35.5 Å². The van der Waals surface area contributed by atoms with Crippen LogP contribution in [0.2, 0.25) is 0 Å². The molecule has 0 saturated carbocycles. The van der Waals surface area contributed by atoms with Crippen LogP contribution in [0.3, 0.4) is 0 Å². The Morgan fingerprint density at radius 1 is 1.30 bits per heavy atom. The van der Waals surface area contributed by atoms with Crippen molar-refractivity contribution in [3.05, 3.63) is 41.7 Å². The second kappa shape index (κ2) is 5.68. The van der Waals surface area contributed by atoms with Gasteiger partial charge in [0, 0.05) is 0 Å². The molecule has 2 N–H and O–H groups in total. The number of ether oxygens (including phenoxy) is 1. The van der Waals surface area contributed by atoms with Crippen LogP contribution in [0.1, 0.15) is 38.2 Å². The van der Waals surface area contributed by atoms with Crippen LogP contribution in [-0.4, -0.2) is 32.3 Å². The van der Waals surface area contributed by atoms with E-state index in [1.165, 1.54) is 0 Å². The van der Waals surface area contributed by atoms with Crippen LogP contribution in [0.15, 0.2) is 30.3 Å². The van der Waals surface area contributed by atoms with E-state index in [2.05, 4.69) is 25.9 Å². The number of aromatic nitrogens is 4. The van der Waals surface area contributed by atoms with Crippen molar-refractivity contribution in [2.24, 2.45) is 0 Å². The first-order chi connectivity index (χ1) is 9.46. The normalized spacial score (nSPS) is 12.8. The van der Waals surface area contributed by atoms with Gasteiger partial charge in [-0.2, -0.15) is 5.21 Å². The molecule has 7 heteroatoms. The maximum atomic E-state index is 11.9. The minimum atomic E-state index is -0.567. The Bertz CT molecular complexity index is 548. The van der Waals surface area contributed by atoms with Gasteiger partial charge in [0.15, 0.2) is 0 Å². The van der Waals surface area contributed by atoms with Crippen molar-refractivity contribution in [3.63, 3.8) is 0 Å². The van der Waals surface area contributed by atoms with E-state index >= 15 is 0 Å². The molecule has 1 atom stereocenters. The summed E-state index contributed by atoms with van der Waals surface area (Å²) in [6, 6.07) is 8.88. The zero-order valence-corrected chi connectivity index (χ0v) is 11.6. The van der Waals surface area contributed by atoms with Crippen molar-refractivity contribution in [2.45, 2.75) is 32.4 Å². The molecule has 1 heterocycles. The van der Waals surface area contributed by atoms with Gasteiger partial charge in [0.1, 0.15) is 11.6 Å². The summed E-state index contributed by atoms with van der Waals surface area (Å²) in [6.45, 7) is 5.41. The molecule has 1 aromatic heterocycles. The summed E-state index contributed by atoms with van der Waals surface area (Å²) in [5.41, 5.74) is 0.280. The van der Waals surface area contributed by atoms with Crippen LogP contribution in [0.4, 0.5) is 4.79 Å². The summed E-state index contributed by atoms with van der Waals surface area (Å²) >= 11 is 0. The number of benzene rings is 1. The van der Waals surface area contributed by atoms with Gasteiger partial charge in [0.2, 0.25) is 5.82 Å². The number of alkyl carbamates (subject to hydrolysis) is 1. The molecule has 0 radical (unpaired) electrons. The van der Waals surface area contributed by atoms with Gasteiger partial charge in [-0.3, -0.25) is 0 Å². The second-order valence-corrected chi connectivity index (χ2v) is 5.26. The van der Waals surface area contributed by atoms with Crippen molar-refractivity contribution in [1.29, 1.82) is 0 Å². The third-order valence-electron chi connectivity index (χ3n) is 2.41. The summed E-state index contributed by atoms with van der Waals surface area (Å²) in [5.74, 6) is 0.377. The van der Waals surface area contributed by atoms with Crippen LogP contribution in [0.5, 0.6) is 0 Å². The highest BCUT2D eigenvalue weighted by Gasteiger charge is 2.24. The quantitative estimate of drug-likeness (QED) is 0.891. The van der Waals surface area contributed by atoms with E-state index in [0.29, 0.717) is 5.82 Å². The Kier molecular flexibility index (Phi) is 3.97. The van der Waals surface area contributed by atoms with Crippen molar-refractivity contribution in [2.75, 3.05) is 0 Å². The Morgan fingerprint density at radius 2 is 2.00 bits per heavy atom. The molecule has 0 bridgehead atoms. The van der Waals surface area contributed by atoms with Gasteiger partial charge in [0.05, 0.1) is 0 Å². The van der Waals surface area contributed by atoms with E-state index < -0.39 is 17.7 Å². The Morgan fingerprint density at radius 3 is 2.55 bits per heavy atom. The average molecular weight is 275 g/mol. The first-order valence-electron chi connectivity index (χ1n) is 6.23. The van der Waals surface area contributed by atoms with Crippen molar-refractivity contribution < 1.29 is 9.53 Å². The van der Waals surface area contributed by atoms with E-state index in [1.807, 2.05) is 30.3 Å². The predicted molar refractivity (Wildman–Crippen MR) is 71.8 cm³/mol. The molecule has 0 saturated heterocycles. The summed E-state index contributed by atoms with van der Waals surface area (Å²) in [6.07, 6.45) is -0.531. The van der Waals surface area contributed by atoms with E-state index in [4.69, 9.17) is 4.74 Å². The number of tetrazole rings is 1. The van der Waals surface area contributed by atoms with Gasteiger partial charge in [-0.05, 0) is 26.3 Å². The molecule has 0 unspecified atom stereocenters. The first kappa shape index (κ1) is 14.0. The fourth-order valence-corrected chi connectivity index (χ4v) is 1.66. The summed E-state index contributed by atoms with van der Waals surface area (Å²) in [4.78, 5) is 11.9. The second-order valence-electron chi connectivity index (χ2n) is 5.26. The molecular weight excluding hydrogens is 258 g/mol. The lowest BCUT2D eigenvalue weighted by molar-refractivity contribution is 0.0510. The molecule has 106 valence electrons. The summed E-state index contributed by atoms with van der Waals surface area (Å²) in [5, 5.41) is 16.5. The first-order valence-corrected chi connectivity index (χ1v) is 6.23. The van der Waals surface area contributed by atoms with Crippen LogP contribution in [0.25, 0.3) is 0 Å². The SMILES string of the molecule is CC(C)(C)OC(=O)N[C@H](c1ccccc1)c1nn[nH]n1. The number of nitrogens with zero attached hydrogens (tertiary/aromatic N) is 3. The van der Waals surface area contributed by atoms with E-state index in [1.54, 1.807) is 20.8 Å².